The number of thiazole rings is 1. The SMILES string of the molecule is COc1cccc(-c2nc(COc3cc(OC)ccc3C(C)=O)cs2)c1. The van der Waals surface area contributed by atoms with Gasteiger partial charge in [0.25, 0.3) is 0 Å². The van der Waals surface area contributed by atoms with Crippen molar-refractivity contribution in [1.29, 1.82) is 0 Å². The zero-order chi connectivity index (χ0) is 18.5. The fourth-order valence-corrected chi connectivity index (χ4v) is 3.25. The fraction of sp³-hybridized carbons (Fsp3) is 0.200. The van der Waals surface area contributed by atoms with Crippen molar-refractivity contribution in [3.63, 3.8) is 0 Å². The minimum Gasteiger partial charge on any atom is -0.497 e. The normalized spacial score (nSPS) is 10.4. The molecule has 26 heavy (non-hydrogen) atoms. The molecule has 0 aliphatic rings. The van der Waals surface area contributed by atoms with Crippen molar-refractivity contribution < 1.29 is 19.0 Å². The number of benzene rings is 2. The van der Waals surface area contributed by atoms with Crippen LogP contribution in [0.25, 0.3) is 10.6 Å². The lowest BCUT2D eigenvalue weighted by Gasteiger charge is -2.10. The second-order valence-corrected chi connectivity index (χ2v) is 6.44. The van der Waals surface area contributed by atoms with Crippen molar-refractivity contribution >= 4 is 17.1 Å². The van der Waals surface area contributed by atoms with Crippen molar-refractivity contribution in [1.82, 2.24) is 4.98 Å². The van der Waals surface area contributed by atoms with E-state index in [1.54, 1.807) is 32.4 Å². The van der Waals surface area contributed by atoms with Crippen LogP contribution in [-0.2, 0) is 6.61 Å². The molecular weight excluding hydrogens is 350 g/mol. The zero-order valence-corrected chi connectivity index (χ0v) is 15.6. The first-order valence-corrected chi connectivity index (χ1v) is 8.89. The number of Topliss-reactive ketones (excluding diaryl/α,β-unsaturated/α-hetero) is 1. The number of methoxy groups -OCH3 is 2. The smallest absolute Gasteiger partial charge is 0.163 e. The zero-order valence-electron chi connectivity index (χ0n) is 14.8. The molecule has 3 rings (SSSR count). The van der Waals surface area contributed by atoms with Gasteiger partial charge in [0.2, 0.25) is 0 Å². The highest BCUT2D eigenvalue weighted by Crippen LogP contribution is 2.29. The van der Waals surface area contributed by atoms with Crippen LogP contribution in [0.15, 0.2) is 47.8 Å². The Balaban J connectivity index is 1.77. The summed E-state index contributed by atoms with van der Waals surface area (Å²) < 4.78 is 16.3. The third-order valence-corrected chi connectivity index (χ3v) is 4.75. The average Bonchev–Trinajstić information content (AvgIpc) is 3.15. The number of carbonyl (C=O) groups excluding carboxylic acids is 1. The van der Waals surface area contributed by atoms with Crippen LogP contribution in [0.3, 0.4) is 0 Å². The molecular formula is C20H19NO4S. The first kappa shape index (κ1) is 17.9. The predicted molar refractivity (Wildman–Crippen MR) is 101 cm³/mol. The fourth-order valence-electron chi connectivity index (χ4n) is 2.45. The van der Waals surface area contributed by atoms with Gasteiger partial charge in [0, 0.05) is 17.0 Å². The average molecular weight is 369 g/mol. The number of nitrogens with zero attached hydrogens (tertiary/aromatic N) is 1. The summed E-state index contributed by atoms with van der Waals surface area (Å²) in [6.45, 7) is 1.78. The summed E-state index contributed by atoms with van der Waals surface area (Å²) in [6.07, 6.45) is 0. The van der Waals surface area contributed by atoms with Gasteiger partial charge in [-0.3, -0.25) is 4.79 Å². The van der Waals surface area contributed by atoms with E-state index in [4.69, 9.17) is 14.2 Å². The van der Waals surface area contributed by atoms with Crippen molar-refractivity contribution in [2.75, 3.05) is 14.2 Å². The van der Waals surface area contributed by atoms with Crippen LogP contribution >= 0.6 is 11.3 Å². The molecule has 1 aromatic heterocycles. The molecule has 0 saturated carbocycles. The Hall–Kier alpha value is -2.86. The lowest BCUT2D eigenvalue weighted by Crippen LogP contribution is -2.02. The van der Waals surface area contributed by atoms with Crippen LogP contribution < -0.4 is 14.2 Å². The Morgan fingerprint density at radius 2 is 1.85 bits per heavy atom. The van der Waals surface area contributed by atoms with E-state index in [9.17, 15) is 4.79 Å². The third kappa shape index (κ3) is 4.03. The standard InChI is InChI=1S/C20H19NO4S/c1-13(22)18-8-7-17(24-3)10-19(18)25-11-15-12-26-20(21-15)14-5-4-6-16(9-14)23-2/h4-10,12H,11H2,1-3H3. The van der Waals surface area contributed by atoms with Crippen LogP contribution in [0.2, 0.25) is 0 Å². The van der Waals surface area contributed by atoms with Crippen molar-refractivity contribution in [2.24, 2.45) is 0 Å². The van der Waals surface area contributed by atoms with Gasteiger partial charge in [-0.1, -0.05) is 12.1 Å². The van der Waals surface area contributed by atoms with E-state index in [0.29, 0.717) is 17.1 Å². The Labute approximate surface area is 156 Å². The van der Waals surface area contributed by atoms with Gasteiger partial charge in [-0.25, -0.2) is 4.98 Å². The lowest BCUT2D eigenvalue weighted by molar-refractivity contribution is 0.101. The second kappa shape index (κ2) is 8.01. The quantitative estimate of drug-likeness (QED) is 0.569. The molecule has 0 aliphatic carbocycles. The van der Waals surface area contributed by atoms with Crippen LogP contribution in [0.1, 0.15) is 23.0 Å². The van der Waals surface area contributed by atoms with Gasteiger partial charge in [-0.05, 0) is 31.2 Å². The van der Waals surface area contributed by atoms with E-state index in [1.807, 2.05) is 29.6 Å². The molecule has 0 fully saturated rings. The molecule has 1 heterocycles. The molecule has 0 spiro atoms. The maximum Gasteiger partial charge on any atom is 0.163 e. The number of hydrogen-bond donors (Lipinski definition) is 0. The van der Waals surface area contributed by atoms with E-state index in [1.165, 1.54) is 18.3 Å². The third-order valence-electron chi connectivity index (χ3n) is 3.81. The van der Waals surface area contributed by atoms with Crippen LogP contribution in [0, 0.1) is 0 Å². The summed E-state index contributed by atoms with van der Waals surface area (Å²) in [5.41, 5.74) is 2.31. The van der Waals surface area contributed by atoms with Gasteiger partial charge in [0.05, 0.1) is 25.5 Å². The first-order chi connectivity index (χ1) is 12.6. The number of ether oxygens (including phenoxy) is 3. The number of rotatable bonds is 7. The number of hydrogen-bond acceptors (Lipinski definition) is 6. The molecule has 0 bridgehead atoms. The predicted octanol–water partition coefficient (Wildman–Crippen LogP) is 4.61. The number of aromatic nitrogens is 1. The van der Waals surface area contributed by atoms with Crippen molar-refractivity contribution in [3.05, 3.63) is 59.1 Å². The van der Waals surface area contributed by atoms with Gasteiger partial charge in [0.15, 0.2) is 5.78 Å². The van der Waals surface area contributed by atoms with Gasteiger partial charge in [-0.2, -0.15) is 0 Å². The van der Waals surface area contributed by atoms with Crippen molar-refractivity contribution in [2.45, 2.75) is 13.5 Å². The summed E-state index contributed by atoms with van der Waals surface area (Å²) in [5, 5.41) is 2.84. The Morgan fingerprint density at radius 3 is 2.58 bits per heavy atom. The molecule has 0 aliphatic heterocycles. The molecule has 6 heteroatoms. The van der Waals surface area contributed by atoms with Crippen LogP contribution in [0.5, 0.6) is 17.2 Å². The van der Waals surface area contributed by atoms with Gasteiger partial charge in [-0.15, -0.1) is 11.3 Å². The van der Waals surface area contributed by atoms with E-state index < -0.39 is 0 Å². The van der Waals surface area contributed by atoms with E-state index >= 15 is 0 Å². The molecule has 0 amide bonds. The maximum atomic E-state index is 11.8. The first-order valence-electron chi connectivity index (χ1n) is 8.01. The number of ketones is 1. The van der Waals surface area contributed by atoms with Crippen LogP contribution in [-0.4, -0.2) is 25.0 Å². The Morgan fingerprint density at radius 1 is 1.08 bits per heavy atom. The summed E-state index contributed by atoms with van der Waals surface area (Å²) in [7, 11) is 3.22. The van der Waals surface area contributed by atoms with E-state index in [2.05, 4.69) is 4.98 Å². The molecule has 134 valence electrons. The van der Waals surface area contributed by atoms with Crippen LogP contribution in [0.4, 0.5) is 0 Å². The van der Waals surface area contributed by atoms with Gasteiger partial charge < -0.3 is 14.2 Å². The molecule has 0 atom stereocenters. The topological polar surface area (TPSA) is 57.6 Å². The minimum absolute atomic E-state index is 0.0574. The highest BCUT2D eigenvalue weighted by Gasteiger charge is 2.12. The summed E-state index contributed by atoms with van der Waals surface area (Å²) in [6, 6.07) is 12.9. The molecule has 0 N–H and O–H groups in total. The molecule has 0 unspecified atom stereocenters. The molecule has 0 saturated heterocycles. The monoisotopic (exact) mass is 369 g/mol. The summed E-state index contributed by atoms with van der Waals surface area (Å²) in [4.78, 5) is 16.4. The summed E-state index contributed by atoms with van der Waals surface area (Å²) >= 11 is 1.54. The molecule has 2 aromatic carbocycles. The Kier molecular flexibility index (Phi) is 5.53. The maximum absolute atomic E-state index is 11.8. The highest BCUT2D eigenvalue weighted by molar-refractivity contribution is 7.13. The van der Waals surface area contributed by atoms with Crippen molar-refractivity contribution in [3.8, 4) is 27.8 Å². The lowest BCUT2D eigenvalue weighted by atomic mass is 10.1. The second-order valence-electron chi connectivity index (χ2n) is 5.58. The van der Waals surface area contributed by atoms with Gasteiger partial charge in [0.1, 0.15) is 28.9 Å². The minimum atomic E-state index is -0.0574. The largest absolute Gasteiger partial charge is 0.497 e. The highest BCUT2D eigenvalue weighted by atomic mass is 32.1. The van der Waals surface area contributed by atoms with E-state index in [0.717, 1.165) is 22.0 Å². The molecule has 0 radical (unpaired) electrons. The van der Waals surface area contributed by atoms with Gasteiger partial charge >= 0.3 is 0 Å². The van der Waals surface area contributed by atoms with E-state index in [-0.39, 0.29) is 12.4 Å². The summed E-state index contributed by atoms with van der Waals surface area (Å²) in [5.74, 6) is 1.86. The number of carbonyl (C=O) groups is 1. The molecule has 5 nitrogen and oxygen atoms in total. The Bertz CT molecular complexity index is 920. The molecule has 3 aromatic rings.